The van der Waals surface area contributed by atoms with Gasteiger partial charge in [0.25, 0.3) is 0 Å². The van der Waals surface area contributed by atoms with Crippen LogP contribution in [0, 0.1) is 5.41 Å². The maximum Gasteiger partial charge on any atom is 0.0546 e. The molecule has 3 nitrogen and oxygen atoms in total. The standard InChI is InChI=1S/C14H30N2O/c1-4-6-9-16(3)12-14(11-15-5-2)8-7-10-17-13-14/h15H,4-13H2,1-3H3. The Kier molecular flexibility index (Phi) is 7.09. The number of rotatable bonds is 8. The number of hydrogen-bond acceptors (Lipinski definition) is 3. The molecule has 0 aliphatic carbocycles. The number of nitrogens with zero attached hydrogens (tertiary/aromatic N) is 1. The van der Waals surface area contributed by atoms with Crippen LogP contribution in [-0.4, -0.2) is 51.3 Å². The summed E-state index contributed by atoms with van der Waals surface area (Å²) >= 11 is 0. The first-order valence-corrected chi connectivity index (χ1v) is 7.19. The lowest BCUT2D eigenvalue weighted by Crippen LogP contribution is -2.48. The largest absolute Gasteiger partial charge is 0.381 e. The van der Waals surface area contributed by atoms with Crippen LogP contribution in [0.2, 0.25) is 0 Å². The number of unbranched alkanes of at least 4 members (excludes halogenated alkanes) is 1. The lowest BCUT2D eigenvalue weighted by Gasteiger charge is -2.40. The summed E-state index contributed by atoms with van der Waals surface area (Å²) < 4.78 is 5.72. The van der Waals surface area contributed by atoms with Crippen molar-refractivity contribution in [3.05, 3.63) is 0 Å². The molecule has 1 N–H and O–H groups in total. The molecule has 0 radical (unpaired) electrons. The predicted molar refractivity (Wildman–Crippen MR) is 73.4 cm³/mol. The fourth-order valence-corrected chi connectivity index (χ4v) is 2.70. The third kappa shape index (κ3) is 5.36. The van der Waals surface area contributed by atoms with E-state index in [-0.39, 0.29) is 0 Å². The van der Waals surface area contributed by atoms with Crippen LogP contribution in [0.3, 0.4) is 0 Å². The molecular formula is C14H30N2O. The number of nitrogens with one attached hydrogen (secondary N) is 1. The van der Waals surface area contributed by atoms with Crippen molar-refractivity contribution in [2.24, 2.45) is 5.41 Å². The predicted octanol–water partition coefficient (Wildman–Crippen LogP) is 2.12. The van der Waals surface area contributed by atoms with Crippen molar-refractivity contribution in [1.29, 1.82) is 0 Å². The zero-order chi connectivity index (χ0) is 12.6. The van der Waals surface area contributed by atoms with E-state index >= 15 is 0 Å². The van der Waals surface area contributed by atoms with E-state index in [1.165, 1.54) is 38.8 Å². The SMILES string of the molecule is CCCCN(C)CC1(CNCC)CCCOC1. The van der Waals surface area contributed by atoms with Gasteiger partial charge in [-0.15, -0.1) is 0 Å². The molecule has 0 aromatic heterocycles. The minimum atomic E-state index is 0.344. The van der Waals surface area contributed by atoms with Crippen LogP contribution in [0.4, 0.5) is 0 Å². The van der Waals surface area contributed by atoms with Gasteiger partial charge in [0.15, 0.2) is 0 Å². The average Bonchev–Trinajstić information content (AvgIpc) is 2.35. The third-order valence-electron chi connectivity index (χ3n) is 3.65. The highest BCUT2D eigenvalue weighted by Crippen LogP contribution is 2.28. The Hall–Kier alpha value is -0.120. The monoisotopic (exact) mass is 242 g/mol. The third-order valence-corrected chi connectivity index (χ3v) is 3.65. The van der Waals surface area contributed by atoms with E-state index < -0.39 is 0 Å². The molecule has 0 bridgehead atoms. The first-order chi connectivity index (χ1) is 8.22. The lowest BCUT2D eigenvalue weighted by molar-refractivity contribution is -0.0225. The van der Waals surface area contributed by atoms with Gasteiger partial charge in [-0.3, -0.25) is 0 Å². The molecule has 0 saturated carbocycles. The first kappa shape index (κ1) is 14.9. The summed E-state index contributed by atoms with van der Waals surface area (Å²) in [5.74, 6) is 0. The molecule has 1 rings (SSSR count). The van der Waals surface area contributed by atoms with E-state index in [4.69, 9.17) is 4.74 Å². The Morgan fingerprint density at radius 2 is 2.18 bits per heavy atom. The molecule has 1 aliphatic heterocycles. The fourth-order valence-electron chi connectivity index (χ4n) is 2.70. The highest BCUT2D eigenvalue weighted by Gasteiger charge is 2.33. The summed E-state index contributed by atoms with van der Waals surface area (Å²) in [5, 5.41) is 3.51. The molecule has 0 aromatic carbocycles. The second-order valence-corrected chi connectivity index (χ2v) is 5.53. The molecular weight excluding hydrogens is 212 g/mol. The van der Waals surface area contributed by atoms with Crippen molar-refractivity contribution in [2.75, 3.05) is 46.4 Å². The smallest absolute Gasteiger partial charge is 0.0546 e. The highest BCUT2D eigenvalue weighted by molar-refractivity contribution is 4.86. The van der Waals surface area contributed by atoms with Gasteiger partial charge in [-0.25, -0.2) is 0 Å². The zero-order valence-electron chi connectivity index (χ0n) is 11.9. The van der Waals surface area contributed by atoms with E-state index in [1.807, 2.05) is 0 Å². The van der Waals surface area contributed by atoms with E-state index in [0.29, 0.717) is 5.41 Å². The Morgan fingerprint density at radius 3 is 2.76 bits per heavy atom. The topological polar surface area (TPSA) is 24.5 Å². The van der Waals surface area contributed by atoms with Gasteiger partial charge in [0.1, 0.15) is 0 Å². The molecule has 0 spiro atoms. The Morgan fingerprint density at radius 1 is 1.35 bits per heavy atom. The van der Waals surface area contributed by atoms with Crippen LogP contribution < -0.4 is 5.32 Å². The molecule has 1 atom stereocenters. The van der Waals surface area contributed by atoms with Gasteiger partial charge < -0.3 is 15.0 Å². The molecule has 17 heavy (non-hydrogen) atoms. The Bertz CT molecular complexity index is 191. The van der Waals surface area contributed by atoms with Crippen molar-refractivity contribution in [2.45, 2.75) is 39.5 Å². The van der Waals surface area contributed by atoms with Crippen molar-refractivity contribution < 1.29 is 4.74 Å². The van der Waals surface area contributed by atoms with Gasteiger partial charge in [0.05, 0.1) is 6.61 Å². The molecule has 1 aliphatic rings. The summed E-state index contributed by atoms with van der Waals surface area (Å²) in [4.78, 5) is 2.48. The summed E-state index contributed by atoms with van der Waals surface area (Å²) in [6.07, 6.45) is 5.10. The summed E-state index contributed by atoms with van der Waals surface area (Å²) in [7, 11) is 2.25. The van der Waals surface area contributed by atoms with Gasteiger partial charge in [-0.2, -0.15) is 0 Å². The fraction of sp³-hybridized carbons (Fsp3) is 1.00. The van der Waals surface area contributed by atoms with Crippen LogP contribution in [0.25, 0.3) is 0 Å². The normalized spacial score (nSPS) is 25.4. The zero-order valence-corrected chi connectivity index (χ0v) is 11.9. The van der Waals surface area contributed by atoms with E-state index in [1.54, 1.807) is 0 Å². The number of ether oxygens (including phenoxy) is 1. The van der Waals surface area contributed by atoms with Gasteiger partial charge >= 0.3 is 0 Å². The summed E-state index contributed by atoms with van der Waals surface area (Å²) in [6.45, 7) is 10.8. The minimum Gasteiger partial charge on any atom is -0.381 e. The molecule has 1 fully saturated rings. The highest BCUT2D eigenvalue weighted by atomic mass is 16.5. The van der Waals surface area contributed by atoms with E-state index in [2.05, 4.69) is 31.1 Å². The van der Waals surface area contributed by atoms with Crippen molar-refractivity contribution in [3.8, 4) is 0 Å². The maximum absolute atomic E-state index is 5.72. The average molecular weight is 242 g/mol. The van der Waals surface area contributed by atoms with Crippen molar-refractivity contribution in [3.63, 3.8) is 0 Å². The van der Waals surface area contributed by atoms with Gasteiger partial charge in [-0.1, -0.05) is 20.3 Å². The minimum absolute atomic E-state index is 0.344. The molecule has 102 valence electrons. The van der Waals surface area contributed by atoms with E-state index in [0.717, 1.165) is 26.3 Å². The lowest BCUT2D eigenvalue weighted by atomic mass is 9.81. The molecule has 0 aromatic rings. The quantitative estimate of drug-likeness (QED) is 0.705. The molecule has 1 unspecified atom stereocenters. The molecule has 0 amide bonds. The molecule has 1 heterocycles. The van der Waals surface area contributed by atoms with Crippen molar-refractivity contribution in [1.82, 2.24) is 10.2 Å². The second kappa shape index (κ2) is 8.06. The maximum atomic E-state index is 5.72. The summed E-state index contributed by atoms with van der Waals surface area (Å²) in [5.41, 5.74) is 0.344. The molecule has 1 saturated heterocycles. The van der Waals surface area contributed by atoms with Crippen LogP contribution >= 0.6 is 0 Å². The van der Waals surface area contributed by atoms with Crippen LogP contribution in [0.5, 0.6) is 0 Å². The Balaban J connectivity index is 2.44. The first-order valence-electron chi connectivity index (χ1n) is 7.19. The van der Waals surface area contributed by atoms with E-state index in [9.17, 15) is 0 Å². The van der Waals surface area contributed by atoms with Gasteiger partial charge in [0.2, 0.25) is 0 Å². The van der Waals surface area contributed by atoms with Crippen LogP contribution in [-0.2, 0) is 4.74 Å². The van der Waals surface area contributed by atoms with Gasteiger partial charge in [-0.05, 0) is 39.4 Å². The molecule has 3 heteroatoms. The Labute approximate surface area is 107 Å². The van der Waals surface area contributed by atoms with Crippen LogP contribution in [0.1, 0.15) is 39.5 Å². The van der Waals surface area contributed by atoms with Crippen LogP contribution in [0.15, 0.2) is 0 Å². The summed E-state index contributed by atoms with van der Waals surface area (Å²) in [6, 6.07) is 0. The van der Waals surface area contributed by atoms with Crippen molar-refractivity contribution >= 4 is 0 Å². The number of hydrogen-bond donors (Lipinski definition) is 1. The van der Waals surface area contributed by atoms with Gasteiger partial charge in [0, 0.05) is 25.1 Å². The second-order valence-electron chi connectivity index (χ2n) is 5.53.